The van der Waals surface area contributed by atoms with Crippen LogP contribution in [0.1, 0.15) is 25.7 Å². The predicted octanol–water partition coefficient (Wildman–Crippen LogP) is 2.86. The molecule has 1 N–H and O–H groups in total. The Hall–Kier alpha value is -1.31. The first-order chi connectivity index (χ1) is 7.36. The highest BCUT2D eigenvalue weighted by Gasteiger charge is 2.21. The van der Waals surface area contributed by atoms with Gasteiger partial charge in [0, 0.05) is 24.6 Å². The lowest BCUT2D eigenvalue weighted by molar-refractivity contribution is -0.124. The van der Waals surface area contributed by atoms with E-state index in [1.54, 1.807) is 0 Å². The van der Waals surface area contributed by atoms with Gasteiger partial charge in [0.05, 0.1) is 0 Å². The number of Topliss-reactive ketones (excluding diaryl/α,β-unsaturated/α-hetero) is 1. The van der Waals surface area contributed by atoms with Crippen LogP contribution >= 0.6 is 0 Å². The van der Waals surface area contributed by atoms with Gasteiger partial charge in [-0.25, -0.2) is 0 Å². The largest absolute Gasteiger partial charge is 0.384 e. The summed E-state index contributed by atoms with van der Waals surface area (Å²) in [5.41, 5.74) is 1.11. The predicted molar refractivity (Wildman–Crippen MR) is 61.9 cm³/mol. The first-order valence-electron chi connectivity index (χ1n) is 5.68. The van der Waals surface area contributed by atoms with Crippen LogP contribution in [0, 0.1) is 5.92 Å². The summed E-state index contributed by atoms with van der Waals surface area (Å²) in [7, 11) is 0. The zero-order valence-electron chi connectivity index (χ0n) is 8.91. The van der Waals surface area contributed by atoms with Crippen molar-refractivity contribution in [1.29, 1.82) is 0 Å². The lowest BCUT2D eigenvalue weighted by Crippen LogP contribution is -2.26. The average Bonchev–Trinajstić information content (AvgIpc) is 2.29. The van der Waals surface area contributed by atoms with Crippen molar-refractivity contribution in [3.8, 4) is 0 Å². The molecule has 0 radical (unpaired) electrons. The fourth-order valence-corrected chi connectivity index (χ4v) is 2.07. The quantitative estimate of drug-likeness (QED) is 0.818. The van der Waals surface area contributed by atoms with Crippen LogP contribution in [0.5, 0.6) is 0 Å². The Morgan fingerprint density at radius 1 is 1.20 bits per heavy atom. The summed E-state index contributed by atoms with van der Waals surface area (Å²) >= 11 is 0. The third-order valence-corrected chi connectivity index (χ3v) is 3.01. The first kappa shape index (κ1) is 10.2. The summed E-state index contributed by atoms with van der Waals surface area (Å²) in [4.78, 5) is 11.6. The standard InChI is InChI=1S/C13H17NO/c15-13-9-5-4-6-11(13)10-14-12-7-2-1-3-8-12/h1-3,7-8,11,14H,4-6,9-10H2/t11-/m0/s1. The maximum absolute atomic E-state index is 11.6. The van der Waals surface area contributed by atoms with E-state index in [1.807, 2.05) is 30.3 Å². The monoisotopic (exact) mass is 203 g/mol. The third-order valence-electron chi connectivity index (χ3n) is 3.01. The Morgan fingerprint density at radius 3 is 2.73 bits per heavy atom. The van der Waals surface area contributed by atoms with Crippen LogP contribution in [0.4, 0.5) is 5.69 Å². The van der Waals surface area contributed by atoms with Crippen molar-refractivity contribution in [3.05, 3.63) is 30.3 Å². The van der Waals surface area contributed by atoms with Crippen molar-refractivity contribution < 1.29 is 4.79 Å². The van der Waals surface area contributed by atoms with E-state index in [2.05, 4.69) is 5.32 Å². The Bertz CT molecular complexity index is 321. The van der Waals surface area contributed by atoms with E-state index >= 15 is 0 Å². The van der Waals surface area contributed by atoms with Crippen LogP contribution in [0.2, 0.25) is 0 Å². The number of carbonyl (C=O) groups excluding carboxylic acids is 1. The van der Waals surface area contributed by atoms with E-state index in [4.69, 9.17) is 0 Å². The molecule has 0 spiro atoms. The summed E-state index contributed by atoms with van der Waals surface area (Å²) in [6.07, 6.45) is 4.12. The summed E-state index contributed by atoms with van der Waals surface area (Å²) in [6.45, 7) is 0.794. The highest BCUT2D eigenvalue weighted by Crippen LogP contribution is 2.21. The van der Waals surface area contributed by atoms with Crippen molar-refractivity contribution in [2.75, 3.05) is 11.9 Å². The minimum Gasteiger partial charge on any atom is -0.384 e. The average molecular weight is 203 g/mol. The van der Waals surface area contributed by atoms with Gasteiger partial charge in [-0.3, -0.25) is 4.79 Å². The molecular formula is C13H17NO. The van der Waals surface area contributed by atoms with Crippen LogP contribution < -0.4 is 5.32 Å². The lowest BCUT2D eigenvalue weighted by atomic mass is 9.88. The molecule has 0 bridgehead atoms. The van der Waals surface area contributed by atoms with E-state index in [1.165, 1.54) is 6.42 Å². The molecule has 1 saturated carbocycles. The van der Waals surface area contributed by atoms with E-state index in [0.717, 1.165) is 31.5 Å². The zero-order chi connectivity index (χ0) is 10.5. The molecule has 2 nitrogen and oxygen atoms in total. The summed E-state index contributed by atoms with van der Waals surface area (Å²) < 4.78 is 0. The number of carbonyl (C=O) groups is 1. The van der Waals surface area contributed by atoms with Gasteiger partial charge in [-0.05, 0) is 25.0 Å². The number of anilines is 1. The van der Waals surface area contributed by atoms with Gasteiger partial charge in [0.1, 0.15) is 5.78 Å². The Morgan fingerprint density at radius 2 is 2.00 bits per heavy atom. The van der Waals surface area contributed by atoms with Crippen LogP contribution in [0.3, 0.4) is 0 Å². The first-order valence-corrected chi connectivity index (χ1v) is 5.68. The van der Waals surface area contributed by atoms with Gasteiger partial charge in [-0.2, -0.15) is 0 Å². The molecule has 0 aromatic heterocycles. The summed E-state index contributed by atoms with van der Waals surface area (Å²) in [5, 5.41) is 3.32. The van der Waals surface area contributed by atoms with Crippen molar-refractivity contribution in [2.24, 2.45) is 5.92 Å². The van der Waals surface area contributed by atoms with E-state index in [9.17, 15) is 4.79 Å². The van der Waals surface area contributed by atoms with Crippen LogP contribution in [-0.4, -0.2) is 12.3 Å². The summed E-state index contributed by atoms with van der Waals surface area (Å²) in [5.74, 6) is 0.670. The normalized spacial score (nSPS) is 21.3. The number of para-hydroxylation sites is 1. The number of hydrogen-bond acceptors (Lipinski definition) is 2. The van der Waals surface area contributed by atoms with Crippen LogP contribution in [-0.2, 0) is 4.79 Å². The van der Waals surface area contributed by atoms with Gasteiger partial charge in [-0.15, -0.1) is 0 Å². The molecule has 0 unspecified atom stereocenters. The molecule has 2 rings (SSSR count). The smallest absolute Gasteiger partial charge is 0.137 e. The molecule has 0 heterocycles. The third kappa shape index (κ3) is 2.82. The summed E-state index contributed by atoms with van der Waals surface area (Å²) in [6, 6.07) is 10.1. The molecule has 1 aromatic rings. The number of rotatable bonds is 3. The van der Waals surface area contributed by atoms with Crippen molar-refractivity contribution >= 4 is 11.5 Å². The number of ketones is 1. The highest BCUT2D eigenvalue weighted by atomic mass is 16.1. The van der Waals surface area contributed by atoms with Crippen LogP contribution in [0.15, 0.2) is 30.3 Å². The minimum absolute atomic E-state index is 0.235. The second-order valence-corrected chi connectivity index (χ2v) is 4.16. The van der Waals surface area contributed by atoms with Crippen LogP contribution in [0.25, 0.3) is 0 Å². The molecule has 2 heteroatoms. The van der Waals surface area contributed by atoms with Crippen molar-refractivity contribution in [2.45, 2.75) is 25.7 Å². The lowest BCUT2D eigenvalue weighted by Gasteiger charge is -2.21. The fraction of sp³-hybridized carbons (Fsp3) is 0.462. The highest BCUT2D eigenvalue weighted by molar-refractivity contribution is 5.82. The molecule has 1 aliphatic carbocycles. The Balaban J connectivity index is 1.85. The molecule has 0 aliphatic heterocycles. The topological polar surface area (TPSA) is 29.1 Å². The zero-order valence-corrected chi connectivity index (χ0v) is 8.91. The molecule has 80 valence electrons. The fourth-order valence-electron chi connectivity index (χ4n) is 2.07. The van der Waals surface area contributed by atoms with Crippen molar-refractivity contribution in [1.82, 2.24) is 0 Å². The number of hydrogen-bond donors (Lipinski definition) is 1. The van der Waals surface area contributed by atoms with Gasteiger partial charge in [0.15, 0.2) is 0 Å². The molecule has 1 aliphatic rings. The second-order valence-electron chi connectivity index (χ2n) is 4.16. The molecule has 0 saturated heterocycles. The second kappa shape index (κ2) is 4.96. The number of benzene rings is 1. The molecule has 1 aromatic carbocycles. The Labute approximate surface area is 90.7 Å². The maximum atomic E-state index is 11.6. The molecule has 1 fully saturated rings. The van der Waals surface area contributed by atoms with Gasteiger partial charge < -0.3 is 5.32 Å². The van der Waals surface area contributed by atoms with E-state index in [-0.39, 0.29) is 5.92 Å². The molecular weight excluding hydrogens is 186 g/mol. The van der Waals surface area contributed by atoms with Gasteiger partial charge >= 0.3 is 0 Å². The van der Waals surface area contributed by atoms with Gasteiger partial charge in [0.2, 0.25) is 0 Å². The molecule has 0 amide bonds. The molecule has 15 heavy (non-hydrogen) atoms. The Kier molecular flexibility index (Phi) is 3.38. The number of nitrogens with one attached hydrogen (secondary N) is 1. The van der Waals surface area contributed by atoms with E-state index < -0.39 is 0 Å². The SMILES string of the molecule is O=C1CCCC[C@H]1CNc1ccccc1. The van der Waals surface area contributed by atoms with Gasteiger partial charge in [-0.1, -0.05) is 24.6 Å². The maximum Gasteiger partial charge on any atom is 0.137 e. The van der Waals surface area contributed by atoms with Gasteiger partial charge in [0.25, 0.3) is 0 Å². The minimum atomic E-state index is 0.235. The molecule has 1 atom stereocenters. The van der Waals surface area contributed by atoms with Crippen molar-refractivity contribution in [3.63, 3.8) is 0 Å². The van der Waals surface area contributed by atoms with E-state index in [0.29, 0.717) is 5.78 Å².